The number of aliphatic carboxylic acids is 1. The second kappa shape index (κ2) is 4.76. The van der Waals surface area contributed by atoms with E-state index in [2.05, 4.69) is 4.98 Å². The molecule has 0 aliphatic rings. The Morgan fingerprint density at radius 2 is 2.31 bits per heavy atom. The number of carboxylic acids is 1. The molecule has 0 amide bonds. The first-order chi connectivity index (χ1) is 7.66. The van der Waals surface area contributed by atoms with Gasteiger partial charge in [0, 0.05) is 5.75 Å². The molecule has 0 saturated carbocycles. The molecule has 1 atom stereocenters. The molecule has 0 aliphatic heterocycles. The third kappa shape index (κ3) is 2.48. The summed E-state index contributed by atoms with van der Waals surface area (Å²) in [7, 11) is 0. The summed E-state index contributed by atoms with van der Waals surface area (Å²) in [6, 6.07) is 7.31. The van der Waals surface area contributed by atoms with Gasteiger partial charge in [-0.1, -0.05) is 23.9 Å². The Hall–Kier alpha value is -1.20. The number of carboxylic acid groups (broad SMARTS) is 1. The van der Waals surface area contributed by atoms with Crippen LogP contribution in [0.3, 0.4) is 0 Å². The predicted molar refractivity (Wildman–Crippen MR) is 59.4 cm³/mol. The lowest BCUT2D eigenvalue weighted by atomic mass is 10.3. The van der Waals surface area contributed by atoms with Crippen LogP contribution in [0.1, 0.15) is 0 Å². The number of benzene rings is 1. The summed E-state index contributed by atoms with van der Waals surface area (Å²) in [5.74, 6) is -1.12. The van der Waals surface area contributed by atoms with Crippen molar-refractivity contribution >= 4 is 40.4 Å². The minimum absolute atomic E-state index is 0.163. The van der Waals surface area contributed by atoms with Crippen molar-refractivity contribution in [1.29, 1.82) is 0 Å². The number of fused-ring (bicyclic) bond motifs is 1. The first kappa shape index (κ1) is 11.3. The summed E-state index contributed by atoms with van der Waals surface area (Å²) in [5.41, 5.74) is 1.41. The van der Waals surface area contributed by atoms with E-state index in [-0.39, 0.29) is 5.75 Å². The van der Waals surface area contributed by atoms with E-state index in [1.807, 2.05) is 18.2 Å². The number of rotatable bonds is 4. The maximum Gasteiger partial charge on any atom is 0.256 e. The van der Waals surface area contributed by atoms with E-state index in [4.69, 9.17) is 16.0 Å². The van der Waals surface area contributed by atoms with E-state index < -0.39 is 11.3 Å². The highest BCUT2D eigenvalue weighted by molar-refractivity contribution is 7.99. The first-order valence-corrected chi connectivity index (χ1v) is 5.92. The molecular weight excluding hydrogens is 250 g/mol. The topological polar surface area (TPSA) is 66.2 Å². The normalized spacial score (nSPS) is 12.8. The molecular formula is C10H7ClNO3S-. The number of hydrogen-bond acceptors (Lipinski definition) is 5. The number of thioether (sulfide) groups is 1. The van der Waals surface area contributed by atoms with Gasteiger partial charge in [-0.05, 0) is 12.1 Å². The minimum atomic E-state index is -1.29. The number of para-hydroxylation sites is 2. The molecule has 0 fully saturated rings. The summed E-state index contributed by atoms with van der Waals surface area (Å²) < 4.78 is 5.38. The van der Waals surface area contributed by atoms with Gasteiger partial charge in [-0.2, -0.15) is 0 Å². The largest absolute Gasteiger partial charge is 0.549 e. The molecule has 2 rings (SSSR count). The van der Waals surface area contributed by atoms with Crippen LogP contribution >= 0.6 is 23.4 Å². The number of oxazole rings is 1. The van der Waals surface area contributed by atoms with E-state index in [1.54, 1.807) is 6.07 Å². The van der Waals surface area contributed by atoms with E-state index >= 15 is 0 Å². The van der Waals surface area contributed by atoms with Crippen molar-refractivity contribution in [3.63, 3.8) is 0 Å². The zero-order chi connectivity index (χ0) is 11.5. The van der Waals surface area contributed by atoms with E-state index in [0.717, 1.165) is 17.3 Å². The number of hydrogen-bond donors (Lipinski definition) is 0. The number of aromatic nitrogens is 1. The van der Waals surface area contributed by atoms with Gasteiger partial charge in [0.05, 0.1) is 11.3 Å². The molecule has 1 heterocycles. The fraction of sp³-hybridized carbons (Fsp3) is 0.200. The zero-order valence-corrected chi connectivity index (χ0v) is 9.62. The number of nitrogens with zero attached hydrogens (tertiary/aromatic N) is 1. The van der Waals surface area contributed by atoms with Gasteiger partial charge in [-0.3, -0.25) is 0 Å². The molecule has 0 aliphatic carbocycles. The van der Waals surface area contributed by atoms with Crippen molar-refractivity contribution in [2.24, 2.45) is 0 Å². The maximum absolute atomic E-state index is 10.4. The van der Waals surface area contributed by atoms with Crippen molar-refractivity contribution in [3.8, 4) is 0 Å². The molecule has 84 valence electrons. The van der Waals surface area contributed by atoms with Gasteiger partial charge in [0.2, 0.25) is 0 Å². The van der Waals surface area contributed by atoms with Gasteiger partial charge in [0.25, 0.3) is 5.22 Å². The van der Waals surface area contributed by atoms with Crippen LogP contribution in [0, 0.1) is 0 Å². The Bertz CT molecular complexity index is 480. The fourth-order valence-electron chi connectivity index (χ4n) is 1.13. The fourth-order valence-corrected chi connectivity index (χ4v) is 2.05. The minimum Gasteiger partial charge on any atom is -0.549 e. The third-order valence-corrected chi connectivity index (χ3v) is 3.32. The van der Waals surface area contributed by atoms with Crippen LogP contribution in [-0.2, 0) is 4.79 Å². The molecule has 2 aromatic rings. The van der Waals surface area contributed by atoms with Crippen LogP contribution in [-0.4, -0.2) is 22.1 Å². The standard InChI is InChI=1S/C10H8ClNO3S/c11-6(9(13)14)5-16-10-12-7-3-1-2-4-8(7)15-10/h1-4,6H,5H2,(H,13,14)/p-1/t6-/m1/s1. The molecule has 0 bridgehead atoms. The van der Waals surface area contributed by atoms with E-state index in [1.165, 1.54) is 0 Å². The van der Waals surface area contributed by atoms with Crippen LogP contribution < -0.4 is 5.11 Å². The van der Waals surface area contributed by atoms with Gasteiger partial charge in [-0.25, -0.2) is 4.98 Å². The highest BCUT2D eigenvalue weighted by atomic mass is 35.5. The summed E-state index contributed by atoms with van der Waals surface area (Å²) in [5, 5.41) is 9.75. The Labute approximate surface area is 101 Å². The van der Waals surface area contributed by atoms with Crippen LogP contribution in [0.15, 0.2) is 33.9 Å². The lowest BCUT2D eigenvalue weighted by Crippen LogP contribution is -2.33. The Kier molecular flexibility index (Phi) is 3.36. The number of alkyl halides is 1. The number of carbonyl (C=O) groups is 1. The second-order valence-electron chi connectivity index (χ2n) is 3.05. The first-order valence-electron chi connectivity index (χ1n) is 4.50. The maximum atomic E-state index is 10.4. The molecule has 0 N–H and O–H groups in total. The van der Waals surface area contributed by atoms with Crippen molar-refractivity contribution in [2.75, 3.05) is 5.75 Å². The quantitative estimate of drug-likeness (QED) is 0.609. The van der Waals surface area contributed by atoms with E-state index in [0.29, 0.717) is 10.8 Å². The van der Waals surface area contributed by atoms with Gasteiger partial charge < -0.3 is 14.3 Å². The van der Waals surface area contributed by atoms with Crippen LogP contribution in [0.25, 0.3) is 11.1 Å². The Morgan fingerprint density at radius 3 is 3.00 bits per heavy atom. The summed E-state index contributed by atoms with van der Waals surface area (Å²) in [6.07, 6.45) is 0. The smallest absolute Gasteiger partial charge is 0.256 e. The predicted octanol–water partition coefficient (Wildman–Crippen LogP) is 1.28. The number of halogens is 1. The van der Waals surface area contributed by atoms with Crippen LogP contribution in [0.5, 0.6) is 0 Å². The lowest BCUT2D eigenvalue weighted by molar-refractivity contribution is -0.304. The van der Waals surface area contributed by atoms with Gasteiger partial charge in [-0.15, -0.1) is 11.6 Å². The van der Waals surface area contributed by atoms with Crippen LogP contribution in [0.4, 0.5) is 0 Å². The molecule has 6 heteroatoms. The Morgan fingerprint density at radius 1 is 1.56 bits per heavy atom. The zero-order valence-electron chi connectivity index (χ0n) is 8.05. The molecule has 1 aromatic heterocycles. The molecule has 0 unspecified atom stereocenters. The molecule has 16 heavy (non-hydrogen) atoms. The molecule has 0 spiro atoms. The molecule has 0 saturated heterocycles. The number of carbonyl (C=O) groups excluding carboxylic acids is 1. The van der Waals surface area contributed by atoms with Crippen molar-refractivity contribution < 1.29 is 14.3 Å². The lowest BCUT2D eigenvalue weighted by Gasteiger charge is -2.06. The van der Waals surface area contributed by atoms with Crippen LogP contribution in [0.2, 0.25) is 0 Å². The molecule has 0 radical (unpaired) electrons. The summed E-state index contributed by atoms with van der Waals surface area (Å²) in [6.45, 7) is 0. The highest BCUT2D eigenvalue weighted by Crippen LogP contribution is 2.24. The van der Waals surface area contributed by atoms with Crippen molar-refractivity contribution in [3.05, 3.63) is 24.3 Å². The summed E-state index contributed by atoms with van der Waals surface area (Å²) >= 11 is 6.66. The molecule has 1 aromatic carbocycles. The average Bonchev–Trinajstić information content (AvgIpc) is 2.68. The third-order valence-electron chi connectivity index (χ3n) is 1.88. The van der Waals surface area contributed by atoms with E-state index in [9.17, 15) is 9.90 Å². The highest BCUT2D eigenvalue weighted by Gasteiger charge is 2.10. The second-order valence-corrected chi connectivity index (χ2v) is 4.54. The van der Waals surface area contributed by atoms with Gasteiger partial charge in [0.15, 0.2) is 5.58 Å². The Balaban J connectivity index is 2.07. The monoisotopic (exact) mass is 256 g/mol. The summed E-state index contributed by atoms with van der Waals surface area (Å²) in [4.78, 5) is 14.6. The molecule has 4 nitrogen and oxygen atoms in total. The van der Waals surface area contributed by atoms with Crippen molar-refractivity contribution in [1.82, 2.24) is 4.98 Å². The SMILES string of the molecule is O=C([O-])[C@H](Cl)CSc1nc2ccccc2o1. The van der Waals surface area contributed by atoms with Gasteiger partial charge in [0.1, 0.15) is 5.52 Å². The van der Waals surface area contributed by atoms with Gasteiger partial charge >= 0.3 is 0 Å². The van der Waals surface area contributed by atoms with Crippen molar-refractivity contribution in [2.45, 2.75) is 10.6 Å². The average molecular weight is 257 g/mol.